The standard InChI is InChI=1S/C15H23N3O3S/c1-11-13(17-7-6-16-11)22(20)10-12-5-8-18(9-12)14(19)21-15(2,3)4/h6-7,12H,5,8-10H2,1-4H3/t12-,22-/m1/s1. The molecule has 1 aromatic rings. The van der Waals surface area contributed by atoms with E-state index in [1.807, 2.05) is 27.7 Å². The second-order valence-electron chi connectivity index (χ2n) is 6.54. The summed E-state index contributed by atoms with van der Waals surface area (Å²) in [6.07, 6.45) is 3.69. The van der Waals surface area contributed by atoms with E-state index >= 15 is 0 Å². The Labute approximate surface area is 133 Å². The Balaban J connectivity index is 1.90. The minimum atomic E-state index is -1.18. The Bertz CT molecular complexity index is 571. The van der Waals surface area contributed by atoms with Crippen LogP contribution in [-0.2, 0) is 15.5 Å². The Kier molecular flexibility index (Phi) is 5.16. The van der Waals surface area contributed by atoms with Crippen molar-refractivity contribution in [2.45, 2.75) is 44.7 Å². The second-order valence-corrected chi connectivity index (χ2v) is 7.95. The first kappa shape index (κ1) is 16.9. The van der Waals surface area contributed by atoms with Crippen LogP contribution in [0.25, 0.3) is 0 Å². The normalized spacial score (nSPS) is 20.0. The zero-order valence-corrected chi connectivity index (χ0v) is 14.4. The van der Waals surface area contributed by atoms with Crippen molar-refractivity contribution in [2.75, 3.05) is 18.8 Å². The van der Waals surface area contributed by atoms with Gasteiger partial charge in [0.25, 0.3) is 0 Å². The highest BCUT2D eigenvalue weighted by atomic mass is 32.2. The summed E-state index contributed by atoms with van der Waals surface area (Å²) in [5, 5.41) is 0.540. The fraction of sp³-hybridized carbons (Fsp3) is 0.667. The van der Waals surface area contributed by atoms with Crippen LogP contribution in [0, 0.1) is 12.8 Å². The molecule has 1 aromatic heterocycles. The third-order valence-corrected chi connectivity index (χ3v) is 4.98. The Morgan fingerprint density at radius 3 is 2.73 bits per heavy atom. The van der Waals surface area contributed by atoms with Crippen LogP contribution in [0.4, 0.5) is 4.79 Å². The molecule has 7 heteroatoms. The SMILES string of the molecule is Cc1nccnc1[S@](=O)C[C@@H]1CCN(C(=O)OC(C)(C)C)C1. The molecular formula is C15H23N3O3S. The molecular weight excluding hydrogens is 302 g/mol. The van der Waals surface area contributed by atoms with Gasteiger partial charge in [-0.1, -0.05) is 0 Å². The van der Waals surface area contributed by atoms with Crippen LogP contribution in [-0.4, -0.2) is 49.6 Å². The molecule has 0 unspecified atom stereocenters. The molecule has 6 nitrogen and oxygen atoms in total. The summed E-state index contributed by atoms with van der Waals surface area (Å²) in [4.78, 5) is 22.0. The van der Waals surface area contributed by atoms with E-state index in [0.717, 1.165) is 6.42 Å². The van der Waals surface area contributed by atoms with Gasteiger partial charge in [-0.15, -0.1) is 0 Å². The van der Waals surface area contributed by atoms with E-state index in [9.17, 15) is 9.00 Å². The summed E-state index contributed by atoms with van der Waals surface area (Å²) in [7, 11) is -1.18. The van der Waals surface area contributed by atoms with Crippen molar-refractivity contribution < 1.29 is 13.7 Å². The lowest BCUT2D eigenvalue weighted by Crippen LogP contribution is -2.35. The Morgan fingerprint density at radius 1 is 1.41 bits per heavy atom. The molecule has 0 bridgehead atoms. The molecule has 1 aliphatic rings. The van der Waals surface area contributed by atoms with E-state index in [-0.39, 0.29) is 12.0 Å². The fourth-order valence-electron chi connectivity index (χ4n) is 2.37. The first-order chi connectivity index (χ1) is 10.3. The average Bonchev–Trinajstić information content (AvgIpc) is 2.85. The van der Waals surface area contributed by atoms with Crippen molar-refractivity contribution in [1.82, 2.24) is 14.9 Å². The molecule has 2 rings (SSSR count). The predicted octanol–water partition coefficient (Wildman–Crippen LogP) is 2.15. The second kappa shape index (κ2) is 6.73. The topological polar surface area (TPSA) is 72.4 Å². The van der Waals surface area contributed by atoms with E-state index in [4.69, 9.17) is 4.74 Å². The van der Waals surface area contributed by atoms with Crippen molar-refractivity contribution in [3.63, 3.8) is 0 Å². The summed E-state index contributed by atoms with van der Waals surface area (Å²) in [6, 6.07) is 0. The molecule has 1 aliphatic heterocycles. The van der Waals surface area contributed by atoms with Gasteiger partial charge >= 0.3 is 6.09 Å². The number of likely N-dealkylation sites (tertiary alicyclic amines) is 1. The molecule has 1 fully saturated rings. The molecule has 22 heavy (non-hydrogen) atoms. The van der Waals surface area contributed by atoms with Crippen LogP contribution in [0.5, 0.6) is 0 Å². The monoisotopic (exact) mass is 325 g/mol. The largest absolute Gasteiger partial charge is 0.444 e. The van der Waals surface area contributed by atoms with Gasteiger partial charge in [0.2, 0.25) is 0 Å². The lowest BCUT2D eigenvalue weighted by Gasteiger charge is -2.24. The number of nitrogens with zero attached hydrogens (tertiary/aromatic N) is 3. The summed E-state index contributed by atoms with van der Waals surface area (Å²) in [5.74, 6) is 0.702. The molecule has 0 N–H and O–H groups in total. The van der Waals surface area contributed by atoms with E-state index in [0.29, 0.717) is 29.6 Å². The molecule has 0 spiro atoms. The molecule has 0 saturated carbocycles. The van der Waals surface area contributed by atoms with Crippen LogP contribution in [0.15, 0.2) is 17.4 Å². The van der Waals surface area contributed by atoms with E-state index in [1.165, 1.54) is 0 Å². The molecule has 0 aromatic carbocycles. The number of carbonyl (C=O) groups is 1. The quantitative estimate of drug-likeness (QED) is 0.851. The average molecular weight is 325 g/mol. The third-order valence-electron chi connectivity index (χ3n) is 3.38. The minimum absolute atomic E-state index is 0.203. The minimum Gasteiger partial charge on any atom is -0.444 e. The lowest BCUT2D eigenvalue weighted by molar-refractivity contribution is 0.0289. The first-order valence-corrected chi connectivity index (χ1v) is 8.72. The number of aryl methyl sites for hydroxylation is 1. The number of amides is 1. The maximum Gasteiger partial charge on any atom is 0.410 e. The Morgan fingerprint density at radius 2 is 2.09 bits per heavy atom. The van der Waals surface area contributed by atoms with Gasteiger partial charge in [0.05, 0.1) is 16.5 Å². The zero-order chi connectivity index (χ0) is 16.3. The van der Waals surface area contributed by atoms with Crippen LogP contribution in [0.1, 0.15) is 32.9 Å². The first-order valence-electron chi connectivity index (χ1n) is 7.40. The molecule has 2 atom stereocenters. The lowest BCUT2D eigenvalue weighted by atomic mass is 10.2. The van der Waals surface area contributed by atoms with Gasteiger partial charge in [-0.25, -0.2) is 9.78 Å². The number of hydrogen-bond acceptors (Lipinski definition) is 5. The smallest absolute Gasteiger partial charge is 0.410 e. The van der Waals surface area contributed by atoms with Crippen molar-refractivity contribution >= 4 is 16.9 Å². The van der Waals surface area contributed by atoms with Gasteiger partial charge in [-0.3, -0.25) is 9.19 Å². The number of rotatable bonds is 3. The van der Waals surface area contributed by atoms with Crippen LogP contribution < -0.4 is 0 Å². The third kappa shape index (κ3) is 4.50. The zero-order valence-electron chi connectivity index (χ0n) is 13.5. The molecule has 1 saturated heterocycles. The fourth-order valence-corrected chi connectivity index (χ4v) is 3.79. The van der Waals surface area contributed by atoms with Gasteiger partial charge in [0.1, 0.15) is 10.6 Å². The van der Waals surface area contributed by atoms with Crippen LogP contribution >= 0.6 is 0 Å². The molecule has 0 aliphatic carbocycles. The van der Waals surface area contributed by atoms with Gasteiger partial charge in [-0.2, -0.15) is 0 Å². The van der Waals surface area contributed by atoms with Gasteiger partial charge in [0, 0.05) is 31.2 Å². The molecule has 2 heterocycles. The highest BCUT2D eigenvalue weighted by Crippen LogP contribution is 2.22. The maximum absolute atomic E-state index is 12.4. The highest BCUT2D eigenvalue weighted by Gasteiger charge is 2.31. The molecule has 0 radical (unpaired) electrons. The van der Waals surface area contributed by atoms with Crippen molar-refractivity contribution in [1.29, 1.82) is 0 Å². The number of carbonyl (C=O) groups excluding carboxylic acids is 1. The van der Waals surface area contributed by atoms with Crippen LogP contribution in [0.2, 0.25) is 0 Å². The van der Waals surface area contributed by atoms with E-state index in [1.54, 1.807) is 17.3 Å². The molecule has 1 amide bonds. The maximum atomic E-state index is 12.4. The molecule has 122 valence electrons. The number of aromatic nitrogens is 2. The van der Waals surface area contributed by atoms with Crippen molar-refractivity contribution in [3.8, 4) is 0 Å². The highest BCUT2D eigenvalue weighted by molar-refractivity contribution is 7.85. The van der Waals surface area contributed by atoms with Gasteiger partial charge in [-0.05, 0) is 40.0 Å². The van der Waals surface area contributed by atoms with Crippen LogP contribution in [0.3, 0.4) is 0 Å². The van der Waals surface area contributed by atoms with Gasteiger partial charge in [0.15, 0.2) is 0 Å². The van der Waals surface area contributed by atoms with E-state index in [2.05, 4.69) is 9.97 Å². The van der Waals surface area contributed by atoms with Crippen molar-refractivity contribution in [2.24, 2.45) is 5.92 Å². The Hall–Kier alpha value is -1.50. The van der Waals surface area contributed by atoms with Crippen molar-refractivity contribution in [3.05, 3.63) is 18.1 Å². The van der Waals surface area contributed by atoms with E-state index < -0.39 is 16.4 Å². The number of ether oxygens (including phenoxy) is 1. The van der Waals surface area contributed by atoms with Gasteiger partial charge < -0.3 is 9.64 Å². The summed E-state index contributed by atoms with van der Waals surface area (Å²) in [6.45, 7) is 8.59. The summed E-state index contributed by atoms with van der Waals surface area (Å²) in [5.41, 5.74) is 0.206. The predicted molar refractivity (Wildman–Crippen MR) is 84.0 cm³/mol. The number of hydrogen-bond donors (Lipinski definition) is 0. The summed E-state index contributed by atoms with van der Waals surface area (Å²) < 4.78 is 17.8. The summed E-state index contributed by atoms with van der Waals surface area (Å²) >= 11 is 0.